The van der Waals surface area contributed by atoms with Gasteiger partial charge in [-0.3, -0.25) is 4.79 Å². The number of Topliss-reactive ketones (excluding diaryl/α,β-unsaturated/α-hetero) is 1. The minimum Gasteiger partial charge on any atom is -0.491 e. The summed E-state index contributed by atoms with van der Waals surface area (Å²) in [5, 5.41) is 8.53. The fourth-order valence-corrected chi connectivity index (χ4v) is 1.10. The minimum absolute atomic E-state index is 0.00432. The zero-order valence-corrected chi connectivity index (χ0v) is 8.19. The van der Waals surface area contributed by atoms with E-state index in [9.17, 15) is 4.79 Å². The van der Waals surface area contributed by atoms with Crippen molar-refractivity contribution in [3.05, 3.63) is 29.8 Å². The van der Waals surface area contributed by atoms with Gasteiger partial charge in [-0.2, -0.15) is 0 Å². The van der Waals surface area contributed by atoms with Crippen molar-refractivity contribution in [2.45, 2.75) is 13.3 Å². The molecule has 0 amide bonds. The first-order chi connectivity index (χ1) is 6.77. The molecule has 0 spiro atoms. The summed E-state index contributed by atoms with van der Waals surface area (Å²) >= 11 is 0. The summed E-state index contributed by atoms with van der Waals surface area (Å²) < 4.78 is 5.16. The van der Waals surface area contributed by atoms with Crippen LogP contribution in [0.3, 0.4) is 0 Å². The van der Waals surface area contributed by atoms with Crippen LogP contribution in [-0.2, 0) is 0 Å². The van der Waals surface area contributed by atoms with Gasteiger partial charge < -0.3 is 9.84 Å². The number of hydrogen-bond acceptors (Lipinski definition) is 3. The average molecular weight is 194 g/mol. The monoisotopic (exact) mass is 194 g/mol. The van der Waals surface area contributed by atoms with E-state index in [0.29, 0.717) is 17.7 Å². The molecule has 3 heteroatoms. The molecule has 0 fully saturated rings. The zero-order valence-electron chi connectivity index (χ0n) is 8.19. The van der Waals surface area contributed by atoms with Gasteiger partial charge in [-0.05, 0) is 24.3 Å². The van der Waals surface area contributed by atoms with Gasteiger partial charge in [0.1, 0.15) is 12.4 Å². The molecule has 0 saturated carbocycles. The van der Waals surface area contributed by atoms with Gasteiger partial charge in [0.25, 0.3) is 0 Å². The lowest BCUT2D eigenvalue weighted by Crippen LogP contribution is -2.02. The largest absolute Gasteiger partial charge is 0.491 e. The van der Waals surface area contributed by atoms with Crippen molar-refractivity contribution in [2.75, 3.05) is 13.2 Å². The molecule has 1 N–H and O–H groups in total. The van der Waals surface area contributed by atoms with Crippen molar-refractivity contribution < 1.29 is 14.6 Å². The Morgan fingerprint density at radius 1 is 1.36 bits per heavy atom. The molecule has 0 saturated heterocycles. The molecule has 0 bridgehead atoms. The number of benzene rings is 1. The molecule has 1 rings (SSSR count). The highest BCUT2D eigenvalue weighted by Gasteiger charge is 2.02. The lowest BCUT2D eigenvalue weighted by molar-refractivity contribution is 0.0988. The van der Waals surface area contributed by atoms with E-state index in [1.165, 1.54) is 0 Å². The van der Waals surface area contributed by atoms with Crippen molar-refractivity contribution in [1.82, 2.24) is 0 Å². The van der Waals surface area contributed by atoms with Crippen LogP contribution in [0.1, 0.15) is 23.7 Å². The summed E-state index contributed by atoms with van der Waals surface area (Å²) in [4.78, 5) is 11.3. The Bertz CT molecular complexity index is 290. The van der Waals surface area contributed by atoms with Crippen molar-refractivity contribution in [3.8, 4) is 5.75 Å². The maximum atomic E-state index is 11.3. The van der Waals surface area contributed by atoms with Crippen molar-refractivity contribution in [1.29, 1.82) is 0 Å². The molecular weight excluding hydrogens is 180 g/mol. The number of hydrogen-bond donors (Lipinski definition) is 1. The summed E-state index contributed by atoms with van der Waals surface area (Å²) in [7, 11) is 0. The summed E-state index contributed by atoms with van der Waals surface area (Å²) in [6.07, 6.45) is 0.511. The summed E-state index contributed by atoms with van der Waals surface area (Å²) in [6.45, 7) is 2.11. The van der Waals surface area contributed by atoms with Crippen LogP contribution in [0.4, 0.5) is 0 Å². The second-order valence-electron chi connectivity index (χ2n) is 2.87. The SMILES string of the molecule is CCC(=O)c1ccc(OCCO)cc1. The van der Waals surface area contributed by atoms with Gasteiger partial charge >= 0.3 is 0 Å². The molecular formula is C11H14O3. The van der Waals surface area contributed by atoms with E-state index in [1.807, 2.05) is 6.92 Å². The first kappa shape index (κ1) is 10.7. The summed E-state index contributed by atoms with van der Waals surface area (Å²) in [6, 6.07) is 6.94. The second kappa shape index (κ2) is 5.40. The van der Waals surface area contributed by atoms with Crippen LogP contribution < -0.4 is 4.74 Å². The molecule has 1 aromatic carbocycles. The maximum absolute atomic E-state index is 11.3. The number of carbonyl (C=O) groups excluding carboxylic acids is 1. The van der Waals surface area contributed by atoms with Gasteiger partial charge in [0.05, 0.1) is 6.61 Å². The Kier molecular flexibility index (Phi) is 4.13. The van der Waals surface area contributed by atoms with E-state index in [-0.39, 0.29) is 19.0 Å². The molecule has 0 radical (unpaired) electrons. The first-order valence-electron chi connectivity index (χ1n) is 4.65. The standard InChI is InChI=1S/C11H14O3/c1-2-11(13)9-3-5-10(6-4-9)14-8-7-12/h3-6,12H,2,7-8H2,1H3. The third-order valence-electron chi connectivity index (χ3n) is 1.86. The molecule has 0 unspecified atom stereocenters. The minimum atomic E-state index is -0.00432. The number of aliphatic hydroxyl groups is 1. The quantitative estimate of drug-likeness (QED) is 0.725. The van der Waals surface area contributed by atoms with E-state index < -0.39 is 0 Å². The maximum Gasteiger partial charge on any atom is 0.162 e. The van der Waals surface area contributed by atoms with E-state index in [1.54, 1.807) is 24.3 Å². The van der Waals surface area contributed by atoms with Gasteiger partial charge in [-0.25, -0.2) is 0 Å². The fourth-order valence-electron chi connectivity index (χ4n) is 1.10. The van der Waals surface area contributed by atoms with Crippen LogP contribution in [0.15, 0.2) is 24.3 Å². The van der Waals surface area contributed by atoms with E-state index in [2.05, 4.69) is 0 Å². The topological polar surface area (TPSA) is 46.5 Å². The van der Waals surface area contributed by atoms with Crippen LogP contribution in [0.25, 0.3) is 0 Å². The van der Waals surface area contributed by atoms with Crippen LogP contribution in [0.5, 0.6) is 5.75 Å². The number of ether oxygens (including phenoxy) is 1. The molecule has 0 aliphatic heterocycles. The Morgan fingerprint density at radius 3 is 2.50 bits per heavy atom. The molecule has 76 valence electrons. The molecule has 14 heavy (non-hydrogen) atoms. The number of aliphatic hydroxyl groups excluding tert-OH is 1. The molecule has 0 atom stereocenters. The number of rotatable bonds is 5. The molecule has 1 aromatic rings. The van der Waals surface area contributed by atoms with E-state index in [0.717, 1.165) is 0 Å². The van der Waals surface area contributed by atoms with Crippen molar-refractivity contribution in [3.63, 3.8) is 0 Å². The molecule has 3 nitrogen and oxygen atoms in total. The highest BCUT2D eigenvalue weighted by molar-refractivity contribution is 5.95. The highest BCUT2D eigenvalue weighted by atomic mass is 16.5. The van der Waals surface area contributed by atoms with Crippen molar-refractivity contribution in [2.24, 2.45) is 0 Å². The second-order valence-corrected chi connectivity index (χ2v) is 2.87. The first-order valence-corrected chi connectivity index (χ1v) is 4.65. The summed E-state index contributed by atoms with van der Waals surface area (Å²) in [5.74, 6) is 0.797. The number of carbonyl (C=O) groups is 1. The zero-order chi connectivity index (χ0) is 10.4. The van der Waals surface area contributed by atoms with E-state index >= 15 is 0 Å². The van der Waals surface area contributed by atoms with Gasteiger partial charge in [0.2, 0.25) is 0 Å². The molecule has 0 aliphatic rings. The van der Waals surface area contributed by atoms with Crippen molar-refractivity contribution >= 4 is 5.78 Å². The molecule has 0 aliphatic carbocycles. The highest BCUT2D eigenvalue weighted by Crippen LogP contribution is 2.13. The number of ketones is 1. The Morgan fingerprint density at radius 2 is 2.00 bits per heavy atom. The van der Waals surface area contributed by atoms with Crippen LogP contribution in [0.2, 0.25) is 0 Å². The predicted molar refractivity (Wildman–Crippen MR) is 53.6 cm³/mol. The average Bonchev–Trinajstić information content (AvgIpc) is 2.26. The normalized spacial score (nSPS) is 9.86. The predicted octanol–water partition coefficient (Wildman–Crippen LogP) is 1.65. The third kappa shape index (κ3) is 2.85. The van der Waals surface area contributed by atoms with Gasteiger partial charge in [-0.15, -0.1) is 0 Å². The Balaban J connectivity index is 2.63. The van der Waals surface area contributed by atoms with Crippen LogP contribution >= 0.6 is 0 Å². The van der Waals surface area contributed by atoms with Crippen LogP contribution in [0, 0.1) is 0 Å². The Labute approximate surface area is 83.3 Å². The lowest BCUT2D eigenvalue weighted by Gasteiger charge is -2.04. The fraction of sp³-hybridized carbons (Fsp3) is 0.364. The van der Waals surface area contributed by atoms with Gasteiger partial charge in [0.15, 0.2) is 5.78 Å². The smallest absolute Gasteiger partial charge is 0.162 e. The van der Waals surface area contributed by atoms with E-state index in [4.69, 9.17) is 9.84 Å². The van der Waals surface area contributed by atoms with Gasteiger partial charge in [-0.1, -0.05) is 6.92 Å². The third-order valence-corrected chi connectivity index (χ3v) is 1.86. The molecule has 0 heterocycles. The van der Waals surface area contributed by atoms with Gasteiger partial charge in [0, 0.05) is 12.0 Å². The Hall–Kier alpha value is -1.35. The summed E-state index contributed by atoms with van der Waals surface area (Å²) in [5.41, 5.74) is 0.698. The lowest BCUT2D eigenvalue weighted by atomic mass is 10.1. The van der Waals surface area contributed by atoms with Crippen LogP contribution in [-0.4, -0.2) is 24.1 Å². The molecule has 0 aromatic heterocycles.